The molecule has 174 valence electrons. The van der Waals surface area contributed by atoms with Crippen LogP contribution in [-0.4, -0.2) is 34.5 Å². The van der Waals surface area contributed by atoms with Gasteiger partial charge in [0.25, 0.3) is 0 Å². The van der Waals surface area contributed by atoms with Gasteiger partial charge in [0.2, 0.25) is 5.91 Å². The maximum absolute atomic E-state index is 12.4. The highest BCUT2D eigenvalue weighted by molar-refractivity contribution is 6.30. The fourth-order valence-corrected chi connectivity index (χ4v) is 3.17. The van der Waals surface area contributed by atoms with E-state index in [0.717, 1.165) is 11.1 Å². The van der Waals surface area contributed by atoms with E-state index >= 15 is 0 Å². The van der Waals surface area contributed by atoms with Gasteiger partial charge in [0.1, 0.15) is 5.60 Å². The van der Waals surface area contributed by atoms with Gasteiger partial charge in [-0.3, -0.25) is 4.79 Å². The van der Waals surface area contributed by atoms with Crippen molar-refractivity contribution in [3.63, 3.8) is 0 Å². The summed E-state index contributed by atoms with van der Waals surface area (Å²) in [5.74, 6) is 0.964. The molecule has 0 saturated carbocycles. The van der Waals surface area contributed by atoms with Crippen LogP contribution < -0.4 is 5.32 Å². The number of hydrogen-bond acceptors (Lipinski definition) is 5. The number of aromatic nitrogens is 1. The van der Waals surface area contributed by atoms with E-state index in [9.17, 15) is 9.59 Å². The first-order valence-corrected chi connectivity index (χ1v) is 11.0. The van der Waals surface area contributed by atoms with Crippen molar-refractivity contribution in [3.05, 3.63) is 71.2 Å². The minimum atomic E-state index is -0.556. The van der Waals surface area contributed by atoms with Gasteiger partial charge in [-0.05, 0) is 62.7 Å². The van der Waals surface area contributed by atoms with E-state index < -0.39 is 11.7 Å². The molecule has 3 rings (SSSR count). The summed E-state index contributed by atoms with van der Waals surface area (Å²) in [5, 5.41) is 3.53. The van der Waals surface area contributed by atoms with Crippen molar-refractivity contribution in [1.29, 1.82) is 0 Å². The predicted octanol–water partition coefficient (Wildman–Crippen LogP) is 5.93. The molecule has 0 unspecified atom stereocenters. The molecule has 3 aromatic rings. The van der Waals surface area contributed by atoms with Gasteiger partial charge in [-0.15, -0.1) is 0 Å². The highest BCUT2D eigenvalue weighted by Crippen LogP contribution is 2.23. The lowest BCUT2D eigenvalue weighted by molar-refractivity contribution is -0.116. The zero-order valence-corrected chi connectivity index (χ0v) is 20.0. The minimum absolute atomic E-state index is 0.154. The Kier molecular flexibility index (Phi) is 7.76. The van der Waals surface area contributed by atoms with E-state index in [1.54, 1.807) is 31.4 Å². The molecule has 0 spiro atoms. The molecule has 0 aliphatic rings. The molecule has 1 aromatic heterocycles. The third-order valence-corrected chi connectivity index (χ3v) is 4.84. The van der Waals surface area contributed by atoms with E-state index in [1.165, 1.54) is 4.90 Å². The lowest BCUT2D eigenvalue weighted by Gasteiger charge is -2.24. The maximum atomic E-state index is 12.4. The van der Waals surface area contributed by atoms with Crippen molar-refractivity contribution in [2.45, 2.75) is 45.8 Å². The Morgan fingerprint density at radius 1 is 1.15 bits per heavy atom. The number of ether oxygens (including phenoxy) is 1. The first kappa shape index (κ1) is 24.3. The van der Waals surface area contributed by atoms with Crippen LogP contribution in [0.5, 0.6) is 0 Å². The number of anilines is 1. The van der Waals surface area contributed by atoms with Gasteiger partial charge < -0.3 is 19.4 Å². The van der Waals surface area contributed by atoms with E-state index in [2.05, 4.69) is 10.3 Å². The van der Waals surface area contributed by atoms with Gasteiger partial charge in [0, 0.05) is 42.7 Å². The Hall–Kier alpha value is -3.32. The molecular weight excluding hydrogens is 442 g/mol. The molecule has 2 amide bonds. The number of halogens is 1. The molecule has 0 saturated heterocycles. The van der Waals surface area contributed by atoms with Crippen LogP contribution in [0, 0.1) is 0 Å². The highest BCUT2D eigenvalue weighted by Gasteiger charge is 2.19. The molecule has 0 radical (unpaired) electrons. The van der Waals surface area contributed by atoms with E-state index in [0.29, 0.717) is 35.3 Å². The quantitative estimate of drug-likeness (QED) is 0.463. The maximum Gasteiger partial charge on any atom is 0.410 e. The Morgan fingerprint density at radius 3 is 2.58 bits per heavy atom. The Balaban J connectivity index is 1.52. The van der Waals surface area contributed by atoms with E-state index in [1.807, 2.05) is 51.1 Å². The number of carbonyl (C=O) groups is 2. The number of amides is 2. The lowest BCUT2D eigenvalue weighted by atomic mass is 10.2. The van der Waals surface area contributed by atoms with Gasteiger partial charge >= 0.3 is 6.09 Å². The summed E-state index contributed by atoms with van der Waals surface area (Å²) in [6, 6.07) is 14.6. The largest absolute Gasteiger partial charge is 0.444 e. The summed E-state index contributed by atoms with van der Waals surface area (Å²) in [4.78, 5) is 30.3. The SMILES string of the molecule is CN(Cc1cccc(NC(=O)CCc2ncc(-c3ccc(Cl)cc3)o2)c1)C(=O)OC(C)(C)C. The molecule has 7 nitrogen and oxygen atoms in total. The smallest absolute Gasteiger partial charge is 0.410 e. The van der Waals surface area contributed by atoms with Crippen molar-refractivity contribution in [3.8, 4) is 11.3 Å². The molecule has 1 N–H and O–H groups in total. The van der Waals surface area contributed by atoms with Crippen LogP contribution in [0.2, 0.25) is 5.02 Å². The molecule has 33 heavy (non-hydrogen) atoms. The summed E-state index contributed by atoms with van der Waals surface area (Å²) < 4.78 is 11.1. The average molecular weight is 470 g/mol. The number of benzene rings is 2. The third-order valence-electron chi connectivity index (χ3n) is 4.58. The summed E-state index contributed by atoms with van der Waals surface area (Å²) in [5.41, 5.74) is 1.85. The van der Waals surface area contributed by atoms with Crippen LogP contribution in [0.1, 0.15) is 38.6 Å². The Bertz CT molecular complexity index is 1100. The molecule has 0 aliphatic carbocycles. The van der Waals surface area contributed by atoms with E-state index in [4.69, 9.17) is 20.8 Å². The first-order valence-electron chi connectivity index (χ1n) is 10.6. The van der Waals surface area contributed by atoms with Crippen molar-refractivity contribution in [2.75, 3.05) is 12.4 Å². The zero-order valence-electron chi connectivity index (χ0n) is 19.2. The number of hydrogen-bond donors (Lipinski definition) is 1. The van der Waals surface area contributed by atoms with Gasteiger partial charge in [0.05, 0.1) is 6.20 Å². The van der Waals surface area contributed by atoms with Gasteiger partial charge in [-0.25, -0.2) is 9.78 Å². The number of oxazole rings is 1. The number of nitrogens with zero attached hydrogens (tertiary/aromatic N) is 2. The first-order chi connectivity index (χ1) is 15.6. The second-order valence-electron chi connectivity index (χ2n) is 8.71. The summed E-state index contributed by atoms with van der Waals surface area (Å²) >= 11 is 5.91. The molecule has 1 heterocycles. The van der Waals surface area contributed by atoms with E-state index in [-0.39, 0.29) is 12.3 Å². The molecule has 2 aromatic carbocycles. The van der Waals surface area contributed by atoms with Crippen LogP contribution >= 0.6 is 11.6 Å². The standard InChI is InChI=1S/C25H28ClN3O4/c1-25(2,3)33-24(31)29(4)16-17-6-5-7-20(14-17)28-22(30)12-13-23-27-15-21(32-23)18-8-10-19(26)11-9-18/h5-11,14-15H,12-13,16H2,1-4H3,(H,28,30). The predicted molar refractivity (Wildman–Crippen MR) is 128 cm³/mol. The van der Waals surface area contributed by atoms with Gasteiger partial charge in [-0.2, -0.15) is 0 Å². The number of rotatable bonds is 7. The number of carbonyl (C=O) groups excluding carboxylic acids is 2. The van der Waals surface area contributed by atoms with Crippen LogP contribution in [0.25, 0.3) is 11.3 Å². The lowest BCUT2D eigenvalue weighted by Crippen LogP contribution is -2.33. The van der Waals surface area contributed by atoms with Crippen LogP contribution in [0.3, 0.4) is 0 Å². The number of aryl methyl sites for hydroxylation is 1. The summed E-state index contributed by atoms with van der Waals surface area (Å²) in [7, 11) is 1.67. The van der Waals surface area contributed by atoms with Crippen LogP contribution in [-0.2, 0) is 22.5 Å². The summed E-state index contributed by atoms with van der Waals surface area (Å²) in [6.45, 7) is 5.84. The van der Waals surface area contributed by atoms with Crippen molar-refractivity contribution < 1.29 is 18.7 Å². The molecule has 8 heteroatoms. The second-order valence-corrected chi connectivity index (χ2v) is 9.15. The number of nitrogens with one attached hydrogen (secondary N) is 1. The zero-order chi connectivity index (χ0) is 24.0. The molecule has 0 atom stereocenters. The fourth-order valence-electron chi connectivity index (χ4n) is 3.04. The average Bonchev–Trinajstić information content (AvgIpc) is 3.21. The monoisotopic (exact) mass is 469 g/mol. The van der Waals surface area contributed by atoms with Crippen molar-refractivity contribution in [2.24, 2.45) is 0 Å². The van der Waals surface area contributed by atoms with Gasteiger partial charge in [-0.1, -0.05) is 23.7 Å². The molecule has 0 fully saturated rings. The van der Waals surface area contributed by atoms with Crippen molar-refractivity contribution in [1.82, 2.24) is 9.88 Å². The molecule has 0 aliphatic heterocycles. The fraction of sp³-hybridized carbons (Fsp3) is 0.320. The van der Waals surface area contributed by atoms with Crippen LogP contribution in [0.4, 0.5) is 10.5 Å². The highest BCUT2D eigenvalue weighted by atomic mass is 35.5. The van der Waals surface area contributed by atoms with Crippen LogP contribution in [0.15, 0.2) is 59.1 Å². The Labute approximate surface area is 198 Å². The third kappa shape index (κ3) is 7.64. The minimum Gasteiger partial charge on any atom is -0.444 e. The summed E-state index contributed by atoms with van der Waals surface area (Å²) in [6.07, 6.45) is 1.84. The van der Waals surface area contributed by atoms with Crippen molar-refractivity contribution >= 4 is 29.3 Å². The van der Waals surface area contributed by atoms with Gasteiger partial charge in [0.15, 0.2) is 11.7 Å². The topological polar surface area (TPSA) is 84.7 Å². The normalized spacial score (nSPS) is 11.2. The second kappa shape index (κ2) is 10.5. The molecule has 0 bridgehead atoms. The molecular formula is C25H28ClN3O4. The Morgan fingerprint density at radius 2 is 1.88 bits per heavy atom.